The first-order valence-electron chi connectivity index (χ1n) is 17.7. The Morgan fingerprint density at radius 2 is 1.65 bits per heavy atom. The van der Waals surface area contributed by atoms with Crippen LogP contribution in [0.2, 0.25) is 0 Å². The molecule has 0 unspecified atom stereocenters. The van der Waals surface area contributed by atoms with Crippen LogP contribution in [0.4, 0.5) is 4.79 Å². The van der Waals surface area contributed by atoms with Crippen molar-refractivity contribution in [1.82, 2.24) is 19.4 Å². The van der Waals surface area contributed by atoms with Crippen molar-refractivity contribution < 1.29 is 44.0 Å². The number of rotatable bonds is 7. The van der Waals surface area contributed by atoms with Crippen LogP contribution in [-0.4, -0.2) is 90.9 Å². The van der Waals surface area contributed by atoms with Gasteiger partial charge in [0, 0.05) is 35.6 Å². The number of carboxylic acids is 2. The van der Waals surface area contributed by atoms with Crippen LogP contribution in [0.5, 0.6) is 5.75 Å². The highest BCUT2D eigenvalue weighted by atomic mass is 16.6. The first-order chi connectivity index (χ1) is 24.4. The minimum atomic E-state index is -1.86. The van der Waals surface area contributed by atoms with E-state index in [0.29, 0.717) is 60.4 Å². The number of aromatic nitrogens is 2. The van der Waals surface area contributed by atoms with Gasteiger partial charge in [-0.25, -0.2) is 14.6 Å². The fourth-order valence-electron chi connectivity index (χ4n) is 7.68. The van der Waals surface area contributed by atoms with Crippen LogP contribution in [0.1, 0.15) is 87.5 Å². The van der Waals surface area contributed by atoms with Crippen LogP contribution < -0.4 is 10.3 Å². The van der Waals surface area contributed by atoms with Gasteiger partial charge in [-0.05, 0) is 81.4 Å². The van der Waals surface area contributed by atoms with E-state index in [-0.39, 0.29) is 37.5 Å². The summed E-state index contributed by atoms with van der Waals surface area (Å²) in [6.07, 6.45) is 5.67. The van der Waals surface area contributed by atoms with E-state index in [4.69, 9.17) is 24.7 Å². The number of fused-ring (bicyclic) bond motifs is 5. The molecule has 7 rings (SSSR count). The second-order valence-corrected chi connectivity index (χ2v) is 13.5. The molecule has 272 valence electrons. The summed E-state index contributed by atoms with van der Waals surface area (Å²) in [5.41, 5.74) is 2.38. The minimum Gasteiger partial charge on any atom is -0.481 e. The number of aliphatic hydroxyl groups is 1. The van der Waals surface area contributed by atoms with Gasteiger partial charge in [0.1, 0.15) is 12.4 Å². The third kappa shape index (κ3) is 7.07. The van der Waals surface area contributed by atoms with E-state index in [1.807, 2.05) is 17.0 Å². The van der Waals surface area contributed by atoms with Crippen molar-refractivity contribution in [2.45, 2.75) is 96.4 Å². The maximum atomic E-state index is 13.6. The SMILES string of the molecule is CCc1c2c(nc3ccc(OC(=O)N4CCC(N5CCCCC5)CC4)cc13)-c1cc3c(c(=O)n1C2)COC(=O)[C@]3(O)CC.O=C(O)CCC(=O)O. The highest BCUT2D eigenvalue weighted by molar-refractivity contribution is 5.90. The summed E-state index contributed by atoms with van der Waals surface area (Å²) in [6.45, 7) is 7.65. The van der Waals surface area contributed by atoms with Crippen LogP contribution in [-0.2, 0) is 44.3 Å². The van der Waals surface area contributed by atoms with Crippen LogP contribution in [0, 0.1) is 0 Å². The molecule has 0 radical (unpaired) electrons. The molecule has 0 spiro atoms. The van der Waals surface area contributed by atoms with Gasteiger partial charge in [0.05, 0.1) is 41.9 Å². The molecule has 6 heterocycles. The molecule has 2 saturated heterocycles. The maximum absolute atomic E-state index is 13.6. The molecule has 0 saturated carbocycles. The van der Waals surface area contributed by atoms with E-state index in [1.54, 1.807) is 23.6 Å². The number of aliphatic carboxylic acids is 2. The van der Waals surface area contributed by atoms with Crippen LogP contribution in [0.3, 0.4) is 0 Å². The second kappa shape index (κ2) is 14.8. The van der Waals surface area contributed by atoms with Crippen molar-refractivity contribution in [2.75, 3.05) is 26.2 Å². The van der Waals surface area contributed by atoms with E-state index in [9.17, 15) is 29.1 Å². The number of esters is 1. The van der Waals surface area contributed by atoms with Crippen molar-refractivity contribution in [3.63, 3.8) is 0 Å². The predicted octanol–water partition coefficient (Wildman–Crippen LogP) is 4.03. The molecule has 4 aliphatic rings. The van der Waals surface area contributed by atoms with Gasteiger partial charge in [0.25, 0.3) is 5.56 Å². The number of benzene rings is 1. The Hall–Kier alpha value is -4.82. The number of hydrogen-bond acceptors (Lipinski definition) is 10. The zero-order chi connectivity index (χ0) is 36.4. The van der Waals surface area contributed by atoms with Crippen molar-refractivity contribution in [3.05, 3.63) is 56.9 Å². The monoisotopic (exact) mass is 704 g/mol. The minimum absolute atomic E-state index is 0.0951. The van der Waals surface area contributed by atoms with Crippen molar-refractivity contribution in [1.29, 1.82) is 0 Å². The molecule has 3 aromatic rings. The van der Waals surface area contributed by atoms with Gasteiger partial charge in [-0.15, -0.1) is 0 Å². The van der Waals surface area contributed by atoms with Gasteiger partial charge in [-0.2, -0.15) is 0 Å². The number of carbonyl (C=O) groups excluding carboxylic acids is 2. The van der Waals surface area contributed by atoms with Crippen molar-refractivity contribution in [3.8, 4) is 17.1 Å². The summed E-state index contributed by atoms with van der Waals surface area (Å²) in [7, 11) is 0. The van der Waals surface area contributed by atoms with Gasteiger partial charge in [0.15, 0.2) is 5.60 Å². The van der Waals surface area contributed by atoms with E-state index in [2.05, 4.69) is 11.8 Å². The summed E-state index contributed by atoms with van der Waals surface area (Å²) < 4.78 is 12.7. The average Bonchev–Trinajstić information content (AvgIpc) is 3.50. The lowest BCUT2D eigenvalue weighted by molar-refractivity contribution is -0.172. The Labute approximate surface area is 294 Å². The summed E-state index contributed by atoms with van der Waals surface area (Å²) in [5.74, 6) is -2.42. The fraction of sp³-hybridized carbons (Fsp3) is 0.514. The van der Waals surface area contributed by atoms with Gasteiger partial charge in [-0.3, -0.25) is 14.4 Å². The normalized spacial score (nSPS) is 20.1. The van der Waals surface area contributed by atoms with Gasteiger partial charge in [0.2, 0.25) is 0 Å². The molecule has 0 bridgehead atoms. The number of amides is 1. The highest BCUT2D eigenvalue weighted by Crippen LogP contribution is 2.41. The number of hydrogen-bond donors (Lipinski definition) is 3. The number of cyclic esters (lactones) is 1. The topological polar surface area (TPSA) is 189 Å². The number of pyridine rings is 2. The summed E-state index contributed by atoms with van der Waals surface area (Å²) >= 11 is 0. The number of piperidine rings is 2. The van der Waals surface area contributed by atoms with Crippen molar-refractivity contribution >= 4 is 34.9 Å². The Balaban J connectivity index is 0.000000503. The van der Waals surface area contributed by atoms with E-state index < -0.39 is 23.5 Å². The van der Waals surface area contributed by atoms with Gasteiger partial charge >= 0.3 is 24.0 Å². The zero-order valence-corrected chi connectivity index (χ0v) is 29.0. The standard InChI is InChI=1S/C33H38N4O6.C4H6O4/c1-3-22-23-16-21(43-32(40)36-14-10-20(11-15-36)35-12-6-5-7-13-35)8-9-27(23)34-29-24(22)18-37-28(29)17-26-25(30(37)38)19-42-31(39)33(26,41)4-2;5-3(6)1-2-4(7)8/h8-9,16-17,20,41H,3-7,10-15,18-19H2,1-2H3;1-2H2,(H,5,6)(H,7,8)/t33-;/m0./s1. The van der Waals surface area contributed by atoms with Crippen molar-refractivity contribution in [2.24, 2.45) is 0 Å². The quantitative estimate of drug-likeness (QED) is 0.235. The third-order valence-electron chi connectivity index (χ3n) is 10.5. The molecule has 14 nitrogen and oxygen atoms in total. The highest BCUT2D eigenvalue weighted by Gasteiger charge is 2.45. The van der Waals surface area contributed by atoms with Gasteiger partial charge < -0.3 is 39.2 Å². The molecule has 3 N–H and O–H groups in total. The summed E-state index contributed by atoms with van der Waals surface area (Å²) in [4.78, 5) is 67.8. The molecular formula is C37H44N4O10. The van der Waals surface area contributed by atoms with Crippen LogP contribution in [0.15, 0.2) is 29.1 Å². The Morgan fingerprint density at radius 3 is 2.27 bits per heavy atom. The molecule has 1 aromatic carbocycles. The number of likely N-dealkylation sites (tertiary alicyclic amines) is 2. The Bertz CT molecular complexity index is 1910. The first-order valence-corrected chi connectivity index (χ1v) is 17.7. The van der Waals surface area contributed by atoms with Gasteiger partial charge in [-0.1, -0.05) is 20.3 Å². The Kier molecular flexibility index (Phi) is 10.4. The van der Waals surface area contributed by atoms with E-state index in [1.165, 1.54) is 32.4 Å². The van der Waals surface area contributed by atoms with E-state index in [0.717, 1.165) is 34.9 Å². The lowest BCUT2D eigenvalue weighted by Crippen LogP contribution is -2.48. The molecule has 4 aliphatic heterocycles. The molecule has 2 aromatic heterocycles. The van der Waals surface area contributed by atoms with E-state index >= 15 is 0 Å². The fourth-order valence-corrected chi connectivity index (χ4v) is 7.68. The number of ether oxygens (including phenoxy) is 2. The first kappa shape index (κ1) is 36.0. The molecule has 14 heteroatoms. The third-order valence-corrected chi connectivity index (χ3v) is 10.5. The predicted molar refractivity (Wildman–Crippen MR) is 184 cm³/mol. The molecule has 1 amide bonds. The molecule has 1 atom stereocenters. The summed E-state index contributed by atoms with van der Waals surface area (Å²) in [5, 5.41) is 27.8. The largest absolute Gasteiger partial charge is 0.481 e. The maximum Gasteiger partial charge on any atom is 0.415 e. The van der Waals surface area contributed by atoms with Crippen LogP contribution in [0.25, 0.3) is 22.3 Å². The van der Waals surface area contributed by atoms with Crippen LogP contribution >= 0.6 is 0 Å². The smallest absolute Gasteiger partial charge is 0.415 e. The number of aryl methyl sites for hydroxylation is 1. The molecule has 51 heavy (non-hydrogen) atoms. The molecule has 0 aliphatic carbocycles. The Morgan fingerprint density at radius 1 is 0.961 bits per heavy atom. The zero-order valence-electron chi connectivity index (χ0n) is 29.0. The number of carboxylic acid groups (broad SMARTS) is 2. The lowest BCUT2D eigenvalue weighted by Gasteiger charge is -2.39. The summed E-state index contributed by atoms with van der Waals surface area (Å²) in [6, 6.07) is 7.77. The second-order valence-electron chi connectivity index (χ2n) is 13.5. The number of nitrogens with zero attached hydrogens (tertiary/aromatic N) is 4. The lowest BCUT2D eigenvalue weighted by atomic mass is 9.86. The number of carbonyl (C=O) groups is 4. The molecular weight excluding hydrogens is 660 g/mol. The average molecular weight is 705 g/mol. The molecule has 2 fully saturated rings.